The molecule has 0 unspecified atom stereocenters. The van der Waals surface area contributed by atoms with Crippen molar-refractivity contribution >= 4 is 0 Å². The Labute approximate surface area is 90.3 Å². The van der Waals surface area contributed by atoms with E-state index in [1.165, 1.54) is 11.1 Å². The zero-order valence-electron chi connectivity index (χ0n) is 8.95. The van der Waals surface area contributed by atoms with Crippen LogP contribution in [0.25, 0.3) is 11.1 Å². The third kappa shape index (κ3) is 1.86. The van der Waals surface area contributed by atoms with E-state index in [2.05, 4.69) is 25.1 Å². The number of rotatable bonds is 2. The summed E-state index contributed by atoms with van der Waals surface area (Å²) >= 11 is 0. The summed E-state index contributed by atoms with van der Waals surface area (Å²) < 4.78 is 5.34. The summed E-state index contributed by atoms with van der Waals surface area (Å²) in [6.07, 6.45) is 0. The molecule has 0 N–H and O–H groups in total. The normalized spacial score (nSPS) is 10.0. The fourth-order valence-corrected chi connectivity index (χ4v) is 1.68. The minimum atomic E-state index is 0.909. The third-order valence-electron chi connectivity index (χ3n) is 2.47. The first kappa shape index (κ1) is 9.78. The molecule has 0 aliphatic heterocycles. The van der Waals surface area contributed by atoms with Gasteiger partial charge in [-0.3, -0.25) is 0 Å². The molecule has 0 amide bonds. The van der Waals surface area contributed by atoms with E-state index >= 15 is 0 Å². The Morgan fingerprint density at radius 1 is 1.07 bits per heavy atom. The molecule has 0 aliphatic rings. The lowest BCUT2D eigenvalue weighted by molar-refractivity contribution is 0.416. The van der Waals surface area contributed by atoms with Crippen molar-refractivity contribution in [1.29, 1.82) is 0 Å². The van der Waals surface area contributed by atoms with Crippen LogP contribution in [-0.4, -0.2) is 7.11 Å². The Kier molecular flexibility index (Phi) is 2.72. The van der Waals surface area contributed by atoms with Crippen LogP contribution in [0.4, 0.5) is 0 Å². The molecule has 0 spiro atoms. The Bertz CT molecular complexity index is 460. The van der Waals surface area contributed by atoms with Crippen LogP contribution in [0.2, 0.25) is 0 Å². The van der Waals surface area contributed by atoms with Crippen LogP contribution in [-0.2, 0) is 0 Å². The number of aryl methyl sites for hydroxylation is 1. The van der Waals surface area contributed by atoms with Crippen LogP contribution in [0.1, 0.15) is 5.56 Å². The Morgan fingerprint density at radius 2 is 1.87 bits per heavy atom. The fraction of sp³-hybridized carbons (Fsp3) is 0.143. The first-order valence-corrected chi connectivity index (χ1v) is 4.93. The van der Waals surface area contributed by atoms with E-state index in [1.54, 1.807) is 7.11 Å². The second kappa shape index (κ2) is 4.18. The molecule has 0 heterocycles. The lowest BCUT2D eigenvalue weighted by atomic mass is 10.00. The van der Waals surface area contributed by atoms with Gasteiger partial charge in [0.25, 0.3) is 0 Å². The maximum absolute atomic E-state index is 5.34. The summed E-state index contributed by atoms with van der Waals surface area (Å²) in [5, 5.41) is 0. The van der Waals surface area contributed by atoms with Crippen molar-refractivity contribution in [2.24, 2.45) is 0 Å². The molecule has 2 rings (SSSR count). The van der Waals surface area contributed by atoms with E-state index in [0.717, 1.165) is 11.3 Å². The molecule has 15 heavy (non-hydrogen) atoms. The molecular formula is C14H13O. The van der Waals surface area contributed by atoms with Gasteiger partial charge in [-0.2, -0.15) is 0 Å². The number of para-hydroxylation sites is 1. The summed E-state index contributed by atoms with van der Waals surface area (Å²) in [7, 11) is 1.70. The van der Waals surface area contributed by atoms with E-state index < -0.39 is 0 Å². The Balaban J connectivity index is 2.59. The highest BCUT2D eigenvalue weighted by Crippen LogP contribution is 2.31. The maximum atomic E-state index is 5.34. The number of hydrogen-bond donors (Lipinski definition) is 0. The van der Waals surface area contributed by atoms with Gasteiger partial charge in [0.2, 0.25) is 0 Å². The van der Waals surface area contributed by atoms with Gasteiger partial charge in [0.15, 0.2) is 0 Å². The first-order chi connectivity index (χ1) is 7.33. The van der Waals surface area contributed by atoms with Gasteiger partial charge in [-0.25, -0.2) is 0 Å². The van der Waals surface area contributed by atoms with Crippen molar-refractivity contribution < 1.29 is 4.74 Å². The smallest absolute Gasteiger partial charge is 0.126 e. The van der Waals surface area contributed by atoms with E-state index in [1.807, 2.05) is 30.3 Å². The topological polar surface area (TPSA) is 9.23 Å². The van der Waals surface area contributed by atoms with Crippen molar-refractivity contribution in [3.63, 3.8) is 0 Å². The lowest BCUT2D eigenvalue weighted by Gasteiger charge is -2.10. The summed E-state index contributed by atoms with van der Waals surface area (Å²) in [5.41, 5.74) is 3.54. The third-order valence-corrected chi connectivity index (χ3v) is 2.47. The molecule has 0 saturated heterocycles. The largest absolute Gasteiger partial charge is 0.496 e. The van der Waals surface area contributed by atoms with Gasteiger partial charge < -0.3 is 4.74 Å². The van der Waals surface area contributed by atoms with Crippen molar-refractivity contribution in [3.8, 4) is 16.9 Å². The molecule has 1 radical (unpaired) electrons. The Hall–Kier alpha value is -1.76. The first-order valence-electron chi connectivity index (χ1n) is 4.93. The highest BCUT2D eigenvalue weighted by atomic mass is 16.5. The van der Waals surface area contributed by atoms with E-state index in [9.17, 15) is 0 Å². The lowest BCUT2D eigenvalue weighted by Crippen LogP contribution is -1.89. The molecule has 0 saturated carbocycles. The number of hydrogen-bond acceptors (Lipinski definition) is 1. The molecule has 1 heteroatoms. The van der Waals surface area contributed by atoms with Gasteiger partial charge in [0, 0.05) is 5.56 Å². The quantitative estimate of drug-likeness (QED) is 0.716. The number of ether oxygens (including phenoxy) is 1. The molecule has 1 nitrogen and oxygen atoms in total. The minimum Gasteiger partial charge on any atom is -0.496 e. The van der Waals surface area contributed by atoms with Crippen molar-refractivity contribution in [2.45, 2.75) is 6.92 Å². The highest BCUT2D eigenvalue weighted by Gasteiger charge is 2.05. The van der Waals surface area contributed by atoms with Gasteiger partial charge in [-0.1, -0.05) is 36.4 Å². The van der Waals surface area contributed by atoms with Crippen molar-refractivity contribution in [2.75, 3.05) is 7.11 Å². The zero-order valence-corrected chi connectivity index (χ0v) is 8.95. The van der Waals surface area contributed by atoms with Gasteiger partial charge in [-0.15, -0.1) is 0 Å². The molecule has 0 aliphatic carbocycles. The van der Waals surface area contributed by atoms with Gasteiger partial charge >= 0.3 is 0 Å². The average Bonchev–Trinajstić information content (AvgIpc) is 2.30. The van der Waals surface area contributed by atoms with E-state index in [4.69, 9.17) is 4.74 Å². The molecule has 2 aromatic carbocycles. The summed E-state index contributed by atoms with van der Waals surface area (Å²) in [5.74, 6) is 0.909. The van der Waals surface area contributed by atoms with Gasteiger partial charge in [-0.05, 0) is 30.2 Å². The predicted molar refractivity (Wildman–Crippen MR) is 62.0 cm³/mol. The number of benzene rings is 2. The zero-order chi connectivity index (χ0) is 10.7. The van der Waals surface area contributed by atoms with Crippen LogP contribution in [0.3, 0.4) is 0 Å². The monoisotopic (exact) mass is 197 g/mol. The van der Waals surface area contributed by atoms with Crippen LogP contribution < -0.4 is 4.74 Å². The second-order valence-corrected chi connectivity index (χ2v) is 3.44. The highest BCUT2D eigenvalue weighted by molar-refractivity contribution is 5.72. The van der Waals surface area contributed by atoms with Gasteiger partial charge in [0.05, 0.1) is 7.11 Å². The van der Waals surface area contributed by atoms with Crippen molar-refractivity contribution in [1.82, 2.24) is 0 Å². The van der Waals surface area contributed by atoms with E-state index in [0.29, 0.717) is 0 Å². The SMILES string of the molecule is COc1ccccc1-c1cc[c]cc1C. The summed E-state index contributed by atoms with van der Waals surface area (Å²) in [4.78, 5) is 0. The predicted octanol–water partition coefficient (Wildman–Crippen LogP) is 3.47. The summed E-state index contributed by atoms with van der Waals surface area (Å²) in [6.45, 7) is 2.08. The molecule has 0 fully saturated rings. The molecule has 75 valence electrons. The molecule has 2 aromatic rings. The van der Waals surface area contributed by atoms with E-state index in [-0.39, 0.29) is 0 Å². The summed E-state index contributed by atoms with van der Waals surface area (Å²) in [6, 6.07) is 17.1. The Morgan fingerprint density at radius 3 is 2.60 bits per heavy atom. The van der Waals surface area contributed by atoms with Crippen LogP contribution in [0.15, 0.2) is 42.5 Å². The van der Waals surface area contributed by atoms with Crippen LogP contribution in [0.5, 0.6) is 5.75 Å². The second-order valence-electron chi connectivity index (χ2n) is 3.44. The van der Waals surface area contributed by atoms with Crippen molar-refractivity contribution in [3.05, 3.63) is 54.1 Å². The maximum Gasteiger partial charge on any atom is 0.126 e. The number of methoxy groups -OCH3 is 1. The standard InChI is InChI=1S/C14H13O/c1-11-7-3-4-8-12(11)13-9-5-6-10-14(13)15-2/h4-10H,1-2H3. The minimum absolute atomic E-state index is 0.909. The molecular weight excluding hydrogens is 184 g/mol. The molecule has 0 aromatic heterocycles. The van der Waals surface area contributed by atoms with Crippen LogP contribution >= 0.6 is 0 Å². The van der Waals surface area contributed by atoms with Crippen LogP contribution in [0, 0.1) is 13.0 Å². The fourth-order valence-electron chi connectivity index (χ4n) is 1.68. The van der Waals surface area contributed by atoms with Gasteiger partial charge in [0.1, 0.15) is 5.75 Å². The molecule has 0 atom stereocenters. The average molecular weight is 197 g/mol. The molecule has 0 bridgehead atoms.